The highest BCUT2D eigenvalue weighted by atomic mass is 79.9. The number of halogens is 2. The molecule has 2 atom stereocenters. The molecule has 0 aromatic heterocycles. The molecule has 0 spiro atoms. The van der Waals surface area contributed by atoms with Crippen LogP contribution < -0.4 is 0 Å². The van der Waals surface area contributed by atoms with E-state index in [0.29, 0.717) is 18.3 Å². The van der Waals surface area contributed by atoms with Crippen molar-refractivity contribution in [2.45, 2.75) is 64.8 Å². The van der Waals surface area contributed by atoms with Crippen LogP contribution in [0.5, 0.6) is 0 Å². The number of carbonyl (C=O) groups excluding carboxylic acids is 1. The van der Waals surface area contributed by atoms with E-state index in [1.165, 1.54) is 0 Å². The molecule has 3 nitrogen and oxygen atoms in total. The van der Waals surface area contributed by atoms with Crippen LogP contribution in [0.4, 0.5) is 9.18 Å². The first kappa shape index (κ1) is 16.7. The van der Waals surface area contributed by atoms with Gasteiger partial charge in [-0.25, -0.2) is 9.18 Å². The molecule has 0 radical (unpaired) electrons. The first-order valence-electron chi connectivity index (χ1n) is 6.76. The van der Waals surface area contributed by atoms with Crippen LogP contribution in [-0.4, -0.2) is 40.2 Å². The molecule has 19 heavy (non-hydrogen) atoms. The number of likely N-dealkylation sites (tertiary alicyclic amines) is 1. The van der Waals surface area contributed by atoms with Crippen molar-refractivity contribution in [2.75, 3.05) is 11.9 Å². The summed E-state index contributed by atoms with van der Waals surface area (Å²) in [6, 6.07) is 0. The molecular formula is C14H25BrFNO2. The molecule has 0 aromatic rings. The second kappa shape index (κ2) is 5.98. The molecule has 1 aliphatic heterocycles. The Morgan fingerprint density at radius 3 is 2.58 bits per heavy atom. The highest BCUT2D eigenvalue weighted by molar-refractivity contribution is 9.09. The summed E-state index contributed by atoms with van der Waals surface area (Å²) in [7, 11) is 0. The minimum atomic E-state index is -0.848. The molecule has 1 saturated heterocycles. The Morgan fingerprint density at radius 2 is 2.11 bits per heavy atom. The van der Waals surface area contributed by atoms with Gasteiger partial charge in [0.1, 0.15) is 11.8 Å². The number of hydrogen-bond acceptors (Lipinski definition) is 2. The highest BCUT2D eigenvalue weighted by Gasteiger charge is 2.43. The molecule has 1 rings (SSSR count). The number of nitrogens with zero attached hydrogens (tertiary/aromatic N) is 1. The summed E-state index contributed by atoms with van der Waals surface area (Å²) in [5.41, 5.74) is -0.761. The van der Waals surface area contributed by atoms with Gasteiger partial charge in [-0.1, -0.05) is 15.9 Å². The van der Waals surface area contributed by atoms with E-state index in [0.717, 1.165) is 6.42 Å². The highest BCUT2D eigenvalue weighted by Crippen LogP contribution is 2.36. The molecule has 0 bridgehead atoms. The summed E-state index contributed by atoms with van der Waals surface area (Å²) in [4.78, 5) is 13.9. The number of rotatable bonds is 3. The summed E-state index contributed by atoms with van der Waals surface area (Å²) >= 11 is 3.15. The number of ether oxygens (including phenoxy) is 1. The number of hydrogen-bond donors (Lipinski definition) is 0. The monoisotopic (exact) mass is 337 g/mol. The largest absolute Gasteiger partial charge is 0.444 e. The minimum Gasteiger partial charge on any atom is -0.444 e. The summed E-state index contributed by atoms with van der Waals surface area (Å²) < 4.78 is 18.9. The van der Waals surface area contributed by atoms with E-state index in [1.54, 1.807) is 4.90 Å². The fourth-order valence-corrected chi connectivity index (χ4v) is 2.87. The maximum Gasteiger partial charge on any atom is 0.410 e. The summed E-state index contributed by atoms with van der Waals surface area (Å²) in [5.74, 6) is 0.204. The molecule has 5 heteroatoms. The Hall–Kier alpha value is -0.320. The molecule has 0 aromatic carbocycles. The topological polar surface area (TPSA) is 29.5 Å². The summed E-state index contributed by atoms with van der Waals surface area (Å²) in [6.45, 7) is 10.2. The van der Waals surface area contributed by atoms with Gasteiger partial charge in [-0.15, -0.1) is 0 Å². The normalized spacial score (nSPS) is 24.4. The quantitative estimate of drug-likeness (QED) is 0.724. The van der Waals surface area contributed by atoms with Crippen molar-refractivity contribution in [1.82, 2.24) is 4.90 Å². The molecule has 0 aliphatic carbocycles. The molecule has 112 valence electrons. The number of amides is 1. The van der Waals surface area contributed by atoms with E-state index in [4.69, 9.17) is 4.74 Å². The van der Waals surface area contributed by atoms with Gasteiger partial charge in [-0.2, -0.15) is 0 Å². The lowest BCUT2D eigenvalue weighted by molar-refractivity contribution is 0.0130. The van der Waals surface area contributed by atoms with E-state index >= 15 is 0 Å². The van der Waals surface area contributed by atoms with Crippen molar-refractivity contribution in [1.29, 1.82) is 0 Å². The van der Waals surface area contributed by atoms with Crippen LogP contribution in [0, 0.1) is 5.92 Å². The van der Waals surface area contributed by atoms with Crippen LogP contribution in [0.1, 0.15) is 47.5 Å². The third-order valence-electron chi connectivity index (χ3n) is 3.33. The van der Waals surface area contributed by atoms with Crippen molar-refractivity contribution in [3.05, 3.63) is 0 Å². The first-order valence-corrected chi connectivity index (χ1v) is 7.88. The van der Waals surface area contributed by atoms with Gasteiger partial charge < -0.3 is 9.64 Å². The third-order valence-corrected chi connectivity index (χ3v) is 4.03. The Bertz CT molecular complexity index is 328. The van der Waals surface area contributed by atoms with E-state index in [-0.39, 0.29) is 17.6 Å². The lowest BCUT2D eigenvalue weighted by atomic mass is 9.93. The molecular weight excluding hydrogens is 313 g/mol. The Kier molecular flexibility index (Phi) is 5.27. The predicted octanol–water partition coefficient (Wildman–Crippen LogP) is 4.15. The zero-order valence-corrected chi connectivity index (χ0v) is 14.1. The molecule has 1 amide bonds. The summed E-state index contributed by atoms with van der Waals surface area (Å²) in [6.07, 6.45) is 0.168. The average Bonchev–Trinajstić information content (AvgIpc) is 2.50. The van der Waals surface area contributed by atoms with Crippen LogP contribution in [0.15, 0.2) is 0 Å². The summed E-state index contributed by atoms with van der Waals surface area (Å²) in [5, 5.41) is 0.358. The van der Waals surface area contributed by atoms with E-state index in [2.05, 4.69) is 15.9 Å². The lowest BCUT2D eigenvalue weighted by Gasteiger charge is -2.33. The maximum atomic E-state index is 13.5. The zero-order valence-electron chi connectivity index (χ0n) is 12.5. The Balaban J connectivity index is 2.66. The van der Waals surface area contributed by atoms with E-state index < -0.39 is 11.8 Å². The van der Waals surface area contributed by atoms with Crippen LogP contribution in [-0.2, 0) is 4.74 Å². The van der Waals surface area contributed by atoms with Gasteiger partial charge in [0, 0.05) is 17.4 Å². The number of alkyl halides is 2. The van der Waals surface area contributed by atoms with Crippen LogP contribution in [0.3, 0.4) is 0 Å². The Labute approximate surface area is 124 Å². The molecule has 0 saturated carbocycles. The van der Waals surface area contributed by atoms with Gasteiger partial charge in [-0.05, 0) is 53.4 Å². The van der Waals surface area contributed by atoms with Crippen molar-refractivity contribution < 1.29 is 13.9 Å². The fourth-order valence-electron chi connectivity index (χ4n) is 2.61. The van der Waals surface area contributed by atoms with Crippen molar-refractivity contribution in [3.8, 4) is 0 Å². The minimum absolute atomic E-state index is 0.204. The zero-order chi connectivity index (χ0) is 14.8. The van der Waals surface area contributed by atoms with Crippen LogP contribution >= 0.6 is 15.9 Å². The van der Waals surface area contributed by atoms with Gasteiger partial charge in [0.2, 0.25) is 0 Å². The molecule has 1 heterocycles. The third kappa shape index (κ3) is 4.93. The molecule has 1 fully saturated rings. The molecule has 1 aliphatic rings. The van der Waals surface area contributed by atoms with Crippen LogP contribution in [0.2, 0.25) is 0 Å². The van der Waals surface area contributed by atoms with Gasteiger partial charge in [-0.3, -0.25) is 0 Å². The number of carbonyl (C=O) groups is 1. The molecule has 2 unspecified atom stereocenters. The van der Waals surface area contributed by atoms with Crippen molar-refractivity contribution in [2.24, 2.45) is 5.92 Å². The predicted molar refractivity (Wildman–Crippen MR) is 78.4 cm³/mol. The lowest BCUT2D eigenvalue weighted by Crippen LogP contribution is -2.45. The smallest absolute Gasteiger partial charge is 0.410 e. The van der Waals surface area contributed by atoms with Crippen molar-refractivity contribution in [3.63, 3.8) is 0 Å². The van der Waals surface area contributed by atoms with Gasteiger partial charge in [0.25, 0.3) is 0 Å². The van der Waals surface area contributed by atoms with Crippen LogP contribution in [0.25, 0.3) is 0 Å². The first-order chi connectivity index (χ1) is 8.55. The van der Waals surface area contributed by atoms with E-state index in [1.807, 2.05) is 34.6 Å². The maximum absolute atomic E-state index is 13.5. The second-order valence-corrected chi connectivity index (χ2v) is 7.61. The molecule has 0 N–H and O–H groups in total. The van der Waals surface area contributed by atoms with Gasteiger partial charge in [0.15, 0.2) is 0 Å². The van der Waals surface area contributed by atoms with Gasteiger partial charge in [0.05, 0.1) is 0 Å². The average molecular weight is 338 g/mol. The second-order valence-electron chi connectivity index (χ2n) is 6.96. The van der Waals surface area contributed by atoms with E-state index in [9.17, 15) is 9.18 Å². The SMILES string of the molecule is CC(C)(C)OC(=O)N1CC(CC(F)CBr)CC1(C)C. The van der Waals surface area contributed by atoms with Gasteiger partial charge >= 0.3 is 6.09 Å². The standard InChI is InChI=1S/C14H25BrFNO2/c1-13(2,3)19-12(18)17-9-10(6-11(16)8-15)7-14(17,4)5/h10-11H,6-9H2,1-5H3. The van der Waals surface area contributed by atoms with Crippen molar-refractivity contribution >= 4 is 22.0 Å². The Morgan fingerprint density at radius 1 is 1.53 bits per heavy atom. The fraction of sp³-hybridized carbons (Fsp3) is 0.929.